The SMILES string of the molecule is O=C(c1ccc(I)cc1)c1occc1Br. The summed E-state index contributed by atoms with van der Waals surface area (Å²) in [4.78, 5) is 11.9. The van der Waals surface area contributed by atoms with Gasteiger partial charge in [-0.05, 0) is 68.9 Å². The number of hydrogen-bond donors (Lipinski definition) is 0. The quantitative estimate of drug-likeness (QED) is 0.588. The molecule has 1 aromatic heterocycles. The maximum Gasteiger partial charge on any atom is 0.229 e. The van der Waals surface area contributed by atoms with E-state index >= 15 is 0 Å². The largest absolute Gasteiger partial charge is 0.460 e. The number of hydrogen-bond acceptors (Lipinski definition) is 2. The van der Waals surface area contributed by atoms with Gasteiger partial charge in [-0.3, -0.25) is 4.79 Å². The normalized spacial score (nSPS) is 10.3. The van der Waals surface area contributed by atoms with Crippen LogP contribution >= 0.6 is 38.5 Å². The molecule has 0 saturated heterocycles. The Bertz CT molecular complexity index is 488. The van der Waals surface area contributed by atoms with Crippen molar-refractivity contribution in [3.63, 3.8) is 0 Å². The summed E-state index contributed by atoms with van der Waals surface area (Å²) >= 11 is 5.46. The molecule has 0 atom stereocenters. The van der Waals surface area contributed by atoms with E-state index in [0.29, 0.717) is 15.8 Å². The first kappa shape index (κ1) is 10.9. The molecule has 0 unspecified atom stereocenters. The Morgan fingerprint density at radius 1 is 1.20 bits per heavy atom. The Kier molecular flexibility index (Phi) is 3.25. The molecule has 0 aliphatic carbocycles. The lowest BCUT2D eigenvalue weighted by molar-refractivity contribution is 0.101. The Hall–Kier alpha value is -0.620. The van der Waals surface area contributed by atoms with Crippen molar-refractivity contribution in [1.82, 2.24) is 0 Å². The number of ketones is 1. The standard InChI is InChI=1S/C11H6BrIO2/c12-9-5-6-15-11(9)10(14)7-1-3-8(13)4-2-7/h1-6H. The monoisotopic (exact) mass is 376 g/mol. The molecule has 0 radical (unpaired) electrons. The highest BCUT2D eigenvalue weighted by Crippen LogP contribution is 2.21. The van der Waals surface area contributed by atoms with Gasteiger partial charge in [-0.15, -0.1) is 0 Å². The average molecular weight is 377 g/mol. The van der Waals surface area contributed by atoms with Crippen molar-refractivity contribution in [2.24, 2.45) is 0 Å². The lowest BCUT2D eigenvalue weighted by atomic mass is 10.1. The molecular formula is C11H6BrIO2. The van der Waals surface area contributed by atoms with Gasteiger partial charge in [0.2, 0.25) is 5.78 Å². The van der Waals surface area contributed by atoms with Crippen molar-refractivity contribution < 1.29 is 9.21 Å². The fraction of sp³-hybridized carbons (Fsp3) is 0. The summed E-state index contributed by atoms with van der Waals surface area (Å²) in [6, 6.07) is 9.08. The van der Waals surface area contributed by atoms with Crippen LogP contribution in [0.4, 0.5) is 0 Å². The lowest BCUT2D eigenvalue weighted by Crippen LogP contribution is -2.00. The second kappa shape index (κ2) is 4.49. The summed E-state index contributed by atoms with van der Waals surface area (Å²) in [5.41, 5.74) is 0.631. The van der Waals surface area contributed by atoms with Crippen LogP contribution in [0, 0.1) is 3.57 Å². The van der Waals surface area contributed by atoms with Crippen LogP contribution in [0.25, 0.3) is 0 Å². The van der Waals surface area contributed by atoms with E-state index in [1.165, 1.54) is 6.26 Å². The number of carbonyl (C=O) groups is 1. The summed E-state index contributed by atoms with van der Waals surface area (Å²) in [6.07, 6.45) is 1.49. The van der Waals surface area contributed by atoms with Crippen molar-refractivity contribution in [3.05, 3.63) is 56.0 Å². The Labute approximate surface area is 109 Å². The molecule has 4 heteroatoms. The summed E-state index contributed by atoms with van der Waals surface area (Å²) in [5, 5.41) is 0. The third kappa shape index (κ3) is 2.31. The molecule has 1 aromatic carbocycles. The molecule has 0 aliphatic rings. The van der Waals surface area contributed by atoms with Crippen LogP contribution < -0.4 is 0 Å². The number of benzene rings is 1. The molecule has 2 aromatic rings. The van der Waals surface area contributed by atoms with Crippen LogP contribution in [0.1, 0.15) is 16.1 Å². The molecule has 0 spiro atoms. The van der Waals surface area contributed by atoms with Crippen LogP contribution in [0.3, 0.4) is 0 Å². The van der Waals surface area contributed by atoms with E-state index in [4.69, 9.17) is 4.42 Å². The molecular weight excluding hydrogens is 371 g/mol. The molecule has 15 heavy (non-hydrogen) atoms. The minimum atomic E-state index is -0.108. The van der Waals surface area contributed by atoms with Gasteiger partial charge in [-0.1, -0.05) is 0 Å². The van der Waals surface area contributed by atoms with E-state index in [1.54, 1.807) is 18.2 Å². The molecule has 0 N–H and O–H groups in total. The fourth-order valence-electron chi connectivity index (χ4n) is 1.19. The highest BCUT2D eigenvalue weighted by atomic mass is 127. The predicted octanol–water partition coefficient (Wildman–Crippen LogP) is 3.88. The van der Waals surface area contributed by atoms with Crippen molar-refractivity contribution in [1.29, 1.82) is 0 Å². The van der Waals surface area contributed by atoms with Crippen LogP contribution in [0.5, 0.6) is 0 Å². The number of carbonyl (C=O) groups excluding carboxylic acids is 1. The zero-order valence-corrected chi connectivity index (χ0v) is 11.3. The summed E-state index contributed by atoms with van der Waals surface area (Å²) in [5.74, 6) is 0.236. The molecule has 76 valence electrons. The molecule has 2 rings (SSSR count). The van der Waals surface area contributed by atoms with Gasteiger partial charge >= 0.3 is 0 Å². The maximum atomic E-state index is 11.9. The Morgan fingerprint density at radius 2 is 1.87 bits per heavy atom. The number of halogens is 2. The van der Waals surface area contributed by atoms with Gasteiger partial charge < -0.3 is 4.42 Å². The molecule has 0 bridgehead atoms. The zero-order valence-electron chi connectivity index (χ0n) is 7.54. The molecule has 0 aliphatic heterocycles. The molecule has 0 saturated carbocycles. The van der Waals surface area contributed by atoms with E-state index in [9.17, 15) is 4.79 Å². The first-order valence-corrected chi connectivity index (χ1v) is 6.09. The minimum Gasteiger partial charge on any atom is -0.460 e. The van der Waals surface area contributed by atoms with Gasteiger partial charge in [0, 0.05) is 9.13 Å². The van der Waals surface area contributed by atoms with Gasteiger partial charge in [0.15, 0.2) is 5.76 Å². The maximum absolute atomic E-state index is 11.9. The molecule has 0 amide bonds. The Morgan fingerprint density at radius 3 is 2.40 bits per heavy atom. The molecule has 1 heterocycles. The van der Waals surface area contributed by atoms with Gasteiger partial charge in [0.25, 0.3) is 0 Å². The van der Waals surface area contributed by atoms with Crippen molar-refractivity contribution >= 4 is 44.3 Å². The van der Waals surface area contributed by atoms with E-state index in [1.807, 2.05) is 12.1 Å². The van der Waals surface area contributed by atoms with Crippen LogP contribution in [-0.2, 0) is 0 Å². The highest BCUT2D eigenvalue weighted by Gasteiger charge is 2.15. The molecule has 0 fully saturated rings. The third-order valence-corrected chi connectivity index (χ3v) is 3.27. The lowest BCUT2D eigenvalue weighted by Gasteiger charge is -1.98. The Balaban J connectivity index is 2.37. The van der Waals surface area contributed by atoms with E-state index < -0.39 is 0 Å². The van der Waals surface area contributed by atoms with Gasteiger partial charge in [-0.25, -0.2) is 0 Å². The topological polar surface area (TPSA) is 30.2 Å². The second-order valence-electron chi connectivity index (χ2n) is 2.93. The third-order valence-electron chi connectivity index (χ3n) is 1.93. The van der Waals surface area contributed by atoms with Gasteiger partial charge in [0.05, 0.1) is 10.7 Å². The van der Waals surface area contributed by atoms with Crippen LogP contribution in [0.2, 0.25) is 0 Å². The summed E-state index contributed by atoms with van der Waals surface area (Å²) in [7, 11) is 0. The van der Waals surface area contributed by atoms with Crippen molar-refractivity contribution in [2.75, 3.05) is 0 Å². The fourth-order valence-corrected chi connectivity index (χ4v) is 1.93. The first-order valence-electron chi connectivity index (χ1n) is 4.22. The van der Waals surface area contributed by atoms with Crippen molar-refractivity contribution in [3.8, 4) is 0 Å². The number of furan rings is 1. The zero-order chi connectivity index (χ0) is 10.8. The van der Waals surface area contributed by atoms with Crippen LogP contribution in [-0.4, -0.2) is 5.78 Å². The predicted molar refractivity (Wildman–Crippen MR) is 69.0 cm³/mol. The molecule has 2 nitrogen and oxygen atoms in total. The second-order valence-corrected chi connectivity index (χ2v) is 5.03. The van der Waals surface area contributed by atoms with Gasteiger partial charge in [0.1, 0.15) is 0 Å². The smallest absolute Gasteiger partial charge is 0.229 e. The van der Waals surface area contributed by atoms with Crippen molar-refractivity contribution in [2.45, 2.75) is 0 Å². The van der Waals surface area contributed by atoms with E-state index in [-0.39, 0.29) is 5.78 Å². The van der Waals surface area contributed by atoms with Crippen LogP contribution in [0.15, 0.2) is 45.5 Å². The summed E-state index contributed by atoms with van der Waals surface area (Å²) < 4.78 is 6.90. The minimum absolute atomic E-state index is 0.108. The average Bonchev–Trinajstić information content (AvgIpc) is 2.65. The number of rotatable bonds is 2. The van der Waals surface area contributed by atoms with E-state index in [0.717, 1.165) is 3.57 Å². The highest BCUT2D eigenvalue weighted by molar-refractivity contribution is 14.1. The van der Waals surface area contributed by atoms with Gasteiger partial charge in [-0.2, -0.15) is 0 Å². The van der Waals surface area contributed by atoms with E-state index in [2.05, 4.69) is 38.5 Å². The summed E-state index contributed by atoms with van der Waals surface area (Å²) in [6.45, 7) is 0. The first-order chi connectivity index (χ1) is 7.18.